The summed E-state index contributed by atoms with van der Waals surface area (Å²) in [7, 11) is 2.07. The molecule has 1 fully saturated rings. The zero-order chi connectivity index (χ0) is 27.1. The molecule has 2 amide bonds. The van der Waals surface area contributed by atoms with Crippen LogP contribution in [0.5, 0.6) is 0 Å². The van der Waals surface area contributed by atoms with Crippen molar-refractivity contribution in [1.29, 1.82) is 0 Å². The van der Waals surface area contributed by atoms with E-state index in [9.17, 15) is 9.59 Å². The van der Waals surface area contributed by atoms with Crippen molar-refractivity contribution in [2.24, 2.45) is 0 Å². The van der Waals surface area contributed by atoms with E-state index in [2.05, 4.69) is 42.7 Å². The van der Waals surface area contributed by atoms with Gasteiger partial charge in [0.2, 0.25) is 11.8 Å². The number of halogens is 1. The van der Waals surface area contributed by atoms with E-state index in [1.165, 1.54) is 11.3 Å². The van der Waals surface area contributed by atoms with Crippen LogP contribution < -0.4 is 10.6 Å². The van der Waals surface area contributed by atoms with Crippen molar-refractivity contribution in [3.8, 4) is 0 Å². The minimum absolute atomic E-state index is 0.0219. The van der Waals surface area contributed by atoms with Gasteiger partial charge in [0.25, 0.3) is 11.8 Å². The fourth-order valence-electron chi connectivity index (χ4n) is 5.33. The van der Waals surface area contributed by atoms with E-state index < -0.39 is 0 Å². The van der Waals surface area contributed by atoms with Gasteiger partial charge in [-0.1, -0.05) is 17.7 Å². The molecular formula is C27H28ClN7O3S. The summed E-state index contributed by atoms with van der Waals surface area (Å²) in [6.07, 6.45) is 4.40. The molecule has 1 aromatic carbocycles. The quantitative estimate of drug-likeness (QED) is 0.373. The first-order valence-electron chi connectivity index (χ1n) is 13.0. The van der Waals surface area contributed by atoms with Crippen molar-refractivity contribution in [2.45, 2.75) is 57.2 Å². The van der Waals surface area contributed by atoms with E-state index in [0.29, 0.717) is 40.3 Å². The summed E-state index contributed by atoms with van der Waals surface area (Å²) in [6, 6.07) is 6.55. The van der Waals surface area contributed by atoms with Crippen LogP contribution in [0.1, 0.15) is 67.8 Å². The number of hydrogen-bond donors (Lipinski definition) is 2. The second-order valence-corrected chi connectivity index (χ2v) is 11.8. The van der Waals surface area contributed by atoms with Crippen molar-refractivity contribution in [3.05, 3.63) is 68.5 Å². The average molecular weight is 566 g/mol. The van der Waals surface area contributed by atoms with Crippen LogP contribution in [0.4, 0.5) is 0 Å². The summed E-state index contributed by atoms with van der Waals surface area (Å²) in [5, 5.41) is 17.3. The van der Waals surface area contributed by atoms with Gasteiger partial charge in [0.05, 0.1) is 11.7 Å². The fraction of sp³-hybridized carbons (Fsp3) is 0.407. The Bertz CT molecular complexity index is 1550. The lowest BCUT2D eigenvalue weighted by molar-refractivity contribution is 0.0850. The molecule has 0 bridgehead atoms. The molecule has 202 valence electrons. The number of hydrogen-bond acceptors (Lipinski definition) is 9. The minimum atomic E-state index is -0.352. The summed E-state index contributed by atoms with van der Waals surface area (Å²) in [6.45, 7) is 3.48. The topological polar surface area (TPSA) is 126 Å². The van der Waals surface area contributed by atoms with Gasteiger partial charge in [-0.15, -0.1) is 21.5 Å². The molecule has 1 aliphatic heterocycles. The Kier molecular flexibility index (Phi) is 7.05. The summed E-state index contributed by atoms with van der Waals surface area (Å²) < 4.78 is 5.70. The molecule has 0 radical (unpaired) electrons. The van der Waals surface area contributed by atoms with Crippen molar-refractivity contribution >= 4 is 45.5 Å². The summed E-state index contributed by atoms with van der Waals surface area (Å²) in [5.41, 5.74) is 1.31. The number of aryl methyl sites for hydroxylation is 1. The molecule has 12 heteroatoms. The number of pyridine rings is 1. The van der Waals surface area contributed by atoms with E-state index in [1.54, 1.807) is 25.3 Å². The van der Waals surface area contributed by atoms with Crippen LogP contribution in [-0.2, 0) is 13.0 Å². The largest absolute Gasteiger partial charge is 0.425 e. The molecule has 2 N–H and O–H groups in total. The van der Waals surface area contributed by atoms with Gasteiger partial charge in [-0.05, 0) is 49.9 Å². The standard InChI is InChI=1S/C27H28ClN7O3S/c1-14-33-34-26(38-14)16-4-6-19(30-24(36)22-10-15-3-5-18(28)9-17(15)12-29-22)21(11-16)31-25(37)27-32-20-7-8-35(2)13-23(20)39-27/h3,5,9-10,12,16,19,21H,4,6-8,11,13H2,1-2H3,(H,30,36)(H,31,37). The molecule has 39 heavy (non-hydrogen) atoms. The first-order chi connectivity index (χ1) is 18.8. The normalized spacial score (nSPS) is 21.5. The van der Waals surface area contributed by atoms with Gasteiger partial charge in [-0.25, -0.2) is 4.98 Å². The molecule has 1 aliphatic carbocycles. The molecule has 2 aliphatic rings. The third kappa shape index (κ3) is 5.52. The number of rotatable bonds is 5. The fourth-order valence-corrected chi connectivity index (χ4v) is 6.61. The highest BCUT2D eigenvalue weighted by atomic mass is 35.5. The number of carbonyl (C=O) groups excluding carboxylic acids is 2. The smallest absolute Gasteiger partial charge is 0.280 e. The van der Waals surface area contributed by atoms with Crippen molar-refractivity contribution < 1.29 is 14.0 Å². The molecule has 6 rings (SSSR count). The predicted octanol–water partition coefficient (Wildman–Crippen LogP) is 3.89. The van der Waals surface area contributed by atoms with Crippen LogP contribution in [0, 0.1) is 6.92 Å². The van der Waals surface area contributed by atoms with Crippen LogP contribution in [0.2, 0.25) is 5.02 Å². The highest BCUT2D eigenvalue weighted by molar-refractivity contribution is 7.13. The van der Waals surface area contributed by atoms with Gasteiger partial charge in [0.1, 0.15) is 5.69 Å². The third-order valence-electron chi connectivity index (χ3n) is 7.41. The second-order valence-electron chi connectivity index (χ2n) is 10.3. The van der Waals surface area contributed by atoms with Crippen molar-refractivity contribution in [2.75, 3.05) is 13.6 Å². The molecule has 1 saturated carbocycles. The lowest BCUT2D eigenvalue weighted by Gasteiger charge is -2.35. The molecule has 4 heterocycles. The number of nitrogens with one attached hydrogen (secondary N) is 2. The number of fused-ring (bicyclic) bond motifs is 2. The lowest BCUT2D eigenvalue weighted by Crippen LogP contribution is -2.54. The highest BCUT2D eigenvalue weighted by Crippen LogP contribution is 2.33. The number of aromatic nitrogens is 4. The maximum Gasteiger partial charge on any atom is 0.280 e. The maximum absolute atomic E-state index is 13.4. The predicted molar refractivity (Wildman–Crippen MR) is 147 cm³/mol. The first kappa shape index (κ1) is 25.8. The molecule has 3 unspecified atom stereocenters. The molecule has 3 atom stereocenters. The van der Waals surface area contributed by atoms with Crippen LogP contribution >= 0.6 is 22.9 Å². The van der Waals surface area contributed by atoms with Crippen LogP contribution in [0.25, 0.3) is 10.8 Å². The molecule has 3 aromatic heterocycles. The maximum atomic E-state index is 13.4. The Balaban J connectivity index is 1.21. The number of nitrogens with zero attached hydrogens (tertiary/aromatic N) is 5. The average Bonchev–Trinajstić information content (AvgIpc) is 3.55. The van der Waals surface area contributed by atoms with Crippen LogP contribution in [0.15, 0.2) is 34.9 Å². The Morgan fingerprint density at radius 3 is 2.77 bits per heavy atom. The molecule has 4 aromatic rings. The van der Waals surface area contributed by atoms with Crippen molar-refractivity contribution in [1.82, 2.24) is 35.7 Å². The number of amides is 2. The van der Waals surface area contributed by atoms with E-state index in [-0.39, 0.29) is 29.8 Å². The van der Waals surface area contributed by atoms with Gasteiger partial charge >= 0.3 is 0 Å². The number of benzene rings is 1. The molecule has 0 spiro atoms. The minimum Gasteiger partial charge on any atom is -0.425 e. The summed E-state index contributed by atoms with van der Waals surface area (Å²) in [5.74, 6) is 0.508. The van der Waals surface area contributed by atoms with Gasteiger partial charge in [-0.3, -0.25) is 14.6 Å². The van der Waals surface area contributed by atoms with Crippen molar-refractivity contribution in [3.63, 3.8) is 0 Å². The van der Waals surface area contributed by atoms with E-state index in [0.717, 1.165) is 47.3 Å². The number of likely N-dealkylation sites (N-methyl/N-ethyl adjacent to an activating group) is 1. The second kappa shape index (κ2) is 10.6. The van der Waals surface area contributed by atoms with Gasteiger partial charge in [0, 0.05) is 59.9 Å². The molecule has 10 nitrogen and oxygen atoms in total. The Labute approximate surface area is 234 Å². The summed E-state index contributed by atoms with van der Waals surface area (Å²) in [4.78, 5) is 39.0. The SMILES string of the molecule is Cc1nnc(C2CCC(NC(=O)c3cc4ccc(Cl)cc4cn3)C(NC(=O)c3nc4c(s3)CN(C)CC4)C2)o1. The number of thiazole rings is 1. The monoisotopic (exact) mass is 565 g/mol. The van der Waals surface area contributed by atoms with E-state index >= 15 is 0 Å². The van der Waals surface area contributed by atoms with E-state index in [1.807, 2.05) is 12.1 Å². The van der Waals surface area contributed by atoms with Gasteiger partial charge < -0.3 is 20.0 Å². The Morgan fingerprint density at radius 1 is 1.10 bits per heavy atom. The Morgan fingerprint density at radius 2 is 1.95 bits per heavy atom. The van der Waals surface area contributed by atoms with Crippen LogP contribution in [0.3, 0.4) is 0 Å². The van der Waals surface area contributed by atoms with Gasteiger partial charge in [0.15, 0.2) is 5.01 Å². The molecule has 0 saturated heterocycles. The molecular weight excluding hydrogens is 538 g/mol. The zero-order valence-electron chi connectivity index (χ0n) is 21.6. The van der Waals surface area contributed by atoms with Gasteiger partial charge in [-0.2, -0.15) is 0 Å². The summed E-state index contributed by atoms with van der Waals surface area (Å²) >= 11 is 7.52. The highest BCUT2D eigenvalue weighted by Gasteiger charge is 2.36. The Hall–Kier alpha value is -3.41. The van der Waals surface area contributed by atoms with Crippen LogP contribution in [-0.4, -0.2) is 62.6 Å². The lowest BCUT2D eigenvalue weighted by atomic mass is 9.82. The number of carbonyl (C=O) groups is 2. The van der Waals surface area contributed by atoms with E-state index in [4.69, 9.17) is 16.0 Å². The zero-order valence-corrected chi connectivity index (χ0v) is 23.2. The first-order valence-corrected chi connectivity index (χ1v) is 14.2. The third-order valence-corrected chi connectivity index (χ3v) is 8.72.